The van der Waals surface area contributed by atoms with Crippen LogP contribution in [0.1, 0.15) is 17.7 Å². The topological polar surface area (TPSA) is 50.4 Å². The van der Waals surface area contributed by atoms with E-state index in [1.807, 2.05) is 11.4 Å². The third-order valence-corrected chi connectivity index (χ3v) is 4.09. The minimum atomic E-state index is -0.510. The van der Waals surface area contributed by atoms with E-state index in [2.05, 4.69) is 16.7 Å². The normalized spacial score (nSPS) is 18.9. The highest BCUT2D eigenvalue weighted by Gasteiger charge is 2.40. The smallest absolute Gasteiger partial charge is 0.326 e. The van der Waals surface area contributed by atoms with E-state index in [1.165, 1.54) is 12.0 Å². The zero-order chi connectivity index (χ0) is 12.1. The van der Waals surface area contributed by atoms with Gasteiger partial charge in [0.2, 0.25) is 0 Å². The highest BCUT2D eigenvalue weighted by Crippen LogP contribution is 2.21. The quantitative estimate of drug-likeness (QED) is 0.791. The van der Waals surface area contributed by atoms with Crippen molar-refractivity contribution in [2.75, 3.05) is 20.2 Å². The van der Waals surface area contributed by atoms with Crippen LogP contribution in [-0.2, 0) is 16.1 Å². The van der Waals surface area contributed by atoms with E-state index in [-0.39, 0.29) is 5.97 Å². The second-order valence-corrected chi connectivity index (χ2v) is 5.29. The van der Waals surface area contributed by atoms with Crippen molar-refractivity contribution in [2.24, 2.45) is 0 Å². The van der Waals surface area contributed by atoms with Crippen LogP contribution >= 0.6 is 11.3 Å². The molecule has 1 aliphatic heterocycles. The van der Waals surface area contributed by atoms with E-state index < -0.39 is 5.54 Å². The summed E-state index contributed by atoms with van der Waals surface area (Å²) in [5, 5.41) is 8.70. The van der Waals surface area contributed by atoms with Crippen molar-refractivity contribution in [1.29, 1.82) is 0 Å². The Hall–Kier alpha value is -0.910. The van der Waals surface area contributed by atoms with Gasteiger partial charge >= 0.3 is 5.97 Å². The molecule has 2 heterocycles. The van der Waals surface area contributed by atoms with Crippen LogP contribution in [0.2, 0.25) is 0 Å². The van der Waals surface area contributed by atoms with E-state index in [0.717, 1.165) is 32.5 Å². The summed E-state index contributed by atoms with van der Waals surface area (Å²) in [7, 11) is 1.46. The number of rotatable bonds is 4. The second-order valence-electron chi connectivity index (χ2n) is 4.26. The Morgan fingerprint density at radius 2 is 2.35 bits per heavy atom. The van der Waals surface area contributed by atoms with Crippen molar-refractivity contribution in [2.45, 2.75) is 24.9 Å². The number of methoxy groups -OCH3 is 1. The predicted molar refractivity (Wildman–Crippen MR) is 68.0 cm³/mol. The maximum absolute atomic E-state index is 11.9. The molecule has 0 saturated carbocycles. The number of piperidine rings is 1. The van der Waals surface area contributed by atoms with Gasteiger partial charge in [-0.15, -0.1) is 11.3 Å². The molecule has 4 nitrogen and oxygen atoms in total. The zero-order valence-electron chi connectivity index (χ0n) is 9.99. The van der Waals surface area contributed by atoms with Gasteiger partial charge in [-0.25, -0.2) is 0 Å². The van der Waals surface area contributed by atoms with Crippen molar-refractivity contribution in [3.63, 3.8) is 0 Å². The first-order chi connectivity index (χ1) is 8.27. The molecule has 0 aliphatic carbocycles. The molecule has 2 rings (SSSR count). The fraction of sp³-hybridized carbons (Fsp3) is 0.583. The van der Waals surface area contributed by atoms with Crippen LogP contribution in [0.4, 0.5) is 0 Å². The maximum atomic E-state index is 11.9. The Morgan fingerprint density at radius 1 is 1.59 bits per heavy atom. The molecule has 0 bridgehead atoms. The molecule has 5 heteroatoms. The zero-order valence-corrected chi connectivity index (χ0v) is 10.8. The van der Waals surface area contributed by atoms with Crippen LogP contribution in [0.3, 0.4) is 0 Å². The minimum Gasteiger partial charge on any atom is -0.468 e. The molecule has 17 heavy (non-hydrogen) atoms. The van der Waals surface area contributed by atoms with Gasteiger partial charge in [0.05, 0.1) is 7.11 Å². The van der Waals surface area contributed by atoms with Gasteiger partial charge in [0.25, 0.3) is 0 Å². The average molecular weight is 254 g/mol. The molecule has 1 aromatic rings. The molecule has 1 fully saturated rings. The lowest BCUT2D eigenvalue weighted by Crippen LogP contribution is -2.57. The van der Waals surface area contributed by atoms with Gasteiger partial charge in [-0.2, -0.15) is 0 Å². The third-order valence-electron chi connectivity index (χ3n) is 3.21. The molecule has 0 aromatic carbocycles. The van der Waals surface area contributed by atoms with Crippen LogP contribution in [0.25, 0.3) is 0 Å². The van der Waals surface area contributed by atoms with Crippen LogP contribution in [0.5, 0.6) is 0 Å². The number of ether oxygens (including phenoxy) is 1. The van der Waals surface area contributed by atoms with E-state index >= 15 is 0 Å². The summed E-state index contributed by atoms with van der Waals surface area (Å²) in [6, 6.07) is 4.10. The summed E-state index contributed by atoms with van der Waals surface area (Å²) >= 11 is 1.70. The molecule has 1 saturated heterocycles. The lowest BCUT2D eigenvalue weighted by Gasteiger charge is -2.35. The fourth-order valence-corrected chi connectivity index (χ4v) is 2.82. The van der Waals surface area contributed by atoms with E-state index in [0.29, 0.717) is 0 Å². The van der Waals surface area contributed by atoms with E-state index in [9.17, 15) is 4.79 Å². The molecule has 0 unspecified atom stereocenters. The summed E-state index contributed by atoms with van der Waals surface area (Å²) in [6.45, 7) is 2.44. The van der Waals surface area contributed by atoms with Gasteiger partial charge in [-0.05, 0) is 37.4 Å². The van der Waals surface area contributed by atoms with Gasteiger partial charge in [-0.3, -0.25) is 10.1 Å². The Morgan fingerprint density at radius 3 is 2.94 bits per heavy atom. The first-order valence-electron chi connectivity index (χ1n) is 5.83. The van der Waals surface area contributed by atoms with E-state index in [4.69, 9.17) is 4.74 Å². The lowest BCUT2D eigenvalue weighted by molar-refractivity contribution is -0.150. The summed E-state index contributed by atoms with van der Waals surface area (Å²) in [4.78, 5) is 13.2. The monoisotopic (exact) mass is 254 g/mol. The van der Waals surface area contributed by atoms with Crippen molar-refractivity contribution in [3.05, 3.63) is 22.4 Å². The number of thiophene rings is 1. The first-order valence-corrected chi connectivity index (χ1v) is 6.71. The summed E-state index contributed by atoms with van der Waals surface area (Å²) in [5.74, 6) is -0.143. The van der Waals surface area contributed by atoms with Gasteiger partial charge in [-0.1, -0.05) is 6.07 Å². The third kappa shape index (κ3) is 2.86. The van der Waals surface area contributed by atoms with Crippen LogP contribution in [-0.4, -0.2) is 31.7 Å². The lowest BCUT2D eigenvalue weighted by atomic mass is 9.88. The van der Waals surface area contributed by atoms with Crippen molar-refractivity contribution in [3.8, 4) is 0 Å². The predicted octanol–water partition coefficient (Wildman–Crippen LogP) is 1.13. The molecule has 2 N–H and O–H groups in total. The number of hydrogen-bond donors (Lipinski definition) is 2. The molecule has 0 radical (unpaired) electrons. The number of hydrogen-bond acceptors (Lipinski definition) is 5. The van der Waals surface area contributed by atoms with Gasteiger partial charge in [0.1, 0.15) is 5.54 Å². The Kier molecular flexibility index (Phi) is 4.15. The maximum Gasteiger partial charge on any atom is 0.326 e. The highest BCUT2D eigenvalue weighted by molar-refractivity contribution is 7.09. The summed E-state index contributed by atoms with van der Waals surface area (Å²) in [6.07, 6.45) is 1.57. The molecular formula is C12H18N2O2S. The van der Waals surface area contributed by atoms with Crippen LogP contribution < -0.4 is 10.6 Å². The molecule has 1 aromatic heterocycles. The Balaban J connectivity index is 2.02. The fourth-order valence-electron chi connectivity index (χ4n) is 2.17. The Labute approximate surface area is 105 Å². The number of carbonyl (C=O) groups is 1. The van der Waals surface area contributed by atoms with Crippen molar-refractivity contribution in [1.82, 2.24) is 10.6 Å². The number of nitrogens with one attached hydrogen (secondary N) is 2. The summed E-state index contributed by atoms with van der Waals surface area (Å²) < 4.78 is 4.94. The first kappa shape index (κ1) is 12.5. The SMILES string of the molecule is COC(=O)C1(NCc2cccs2)CCNCC1. The highest BCUT2D eigenvalue weighted by atomic mass is 32.1. The molecule has 1 aliphatic rings. The number of carbonyl (C=O) groups excluding carboxylic acids is 1. The van der Waals surface area contributed by atoms with Gasteiger partial charge in [0.15, 0.2) is 0 Å². The molecule has 0 amide bonds. The van der Waals surface area contributed by atoms with Crippen LogP contribution in [0, 0.1) is 0 Å². The van der Waals surface area contributed by atoms with Crippen molar-refractivity contribution >= 4 is 17.3 Å². The molecule has 94 valence electrons. The largest absolute Gasteiger partial charge is 0.468 e. The van der Waals surface area contributed by atoms with Crippen molar-refractivity contribution < 1.29 is 9.53 Å². The summed E-state index contributed by atoms with van der Waals surface area (Å²) in [5.41, 5.74) is -0.510. The Bertz CT molecular complexity index is 359. The number of esters is 1. The second kappa shape index (κ2) is 5.62. The van der Waals surface area contributed by atoms with Crippen LogP contribution in [0.15, 0.2) is 17.5 Å². The molecule has 0 spiro atoms. The molecule has 0 atom stereocenters. The van der Waals surface area contributed by atoms with E-state index in [1.54, 1.807) is 11.3 Å². The van der Waals surface area contributed by atoms with Gasteiger partial charge in [0, 0.05) is 11.4 Å². The van der Waals surface area contributed by atoms with Gasteiger partial charge < -0.3 is 10.1 Å². The minimum absolute atomic E-state index is 0.143. The average Bonchev–Trinajstić information content (AvgIpc) is 2.89. The molecular weight excluding hydrogens is 236 g/mol. The standard InChI is InChI=1S/C12H18N2O2S/c1-16-11(15)12(4-6-13-7-5-12)14-9-10-3-2-8-17-10/h2-3,8,13-14H,4-7,9H2,1H3.